The van der Waals surface area contributed by atoms with Gasteiger partial charge in [-0.1, -0.05) is 0 Å². The molecule has 2 atom stereocenters. The summed E-state index contributed by atoms with van der Waals surface area (Å²) in [6.45, 7) is 1.27. The Morgan fingerprint density at radius 1 is 1.42 bits per heavy atom. The van der Waals surface area contributed by atoms with Gasteiger partial charge < -0.3 is 5.32 Å². The average molecular weight is 177 g/mol. The van der Waals surface area contributed by atoms with E-state index >= 15 is 0 Å². The van der Waals surface area contributed by atoms with Crippen LogP contribution in [0.4, 0.5) is 8.78 Å². The second-order valence-electron chi connectivity index (χ2n) is 3.62. The van der Waals surface area contributed by atoms with E-state index in [1.165, 1.54) is 5.01 Å². The first kappa shape index (κ1) is 8.34. The molecule has 2 bridgehead atoms. The quantitative estimate of drug-likeness (QED) is 0.503. The number of nitrogens with two attached hydrogens (primary N) is 1. The van der Waals surface area contributed by atoms with Crippen LogP contribution in [0.3, 0.4) is 0 Å². The van der Waals surface area contributed by atoms with Gasteiger partial charge in [0.1, 0.15) is 0 Å². The Balaban J connectivity index is 2.18. The first-order valence-corrected chi connectivity index (χ1v) is 4.21. The Morgan fingerprint density at radius 2 is 2.17 bits per heavy atom. The maximum absolute atomic E-state index is 13.3. The topological polar surface area (TPSA) is 41.3 Å². The van der Waals surface area contributed by atoms with Crippen LogP contribution in [-0.2, 0) is 0 Å². The van der Waals surface area contributed by atoms with Crippen LogP contribution in [0, 0.1) is 5.92 Å². The Labute approximate surface area is 69.9 Å². The highest BCUT2D eigenvalue weighted by molar-refractivity contribution is 4.99. The van der Waals surface area contributed by atoms with E-state index < -0.39 is 17.9 Å². The molecule has 0 aromatic rings. The zero-order valence-corrected chi connectivity index (χ0v) is 6.76. The van der Waals surface area contributed by atoms with Crippen molar-refractivity contribution < 1.29 is 8.78 Å². The maximum atomic E-state index is 13.3. The number of nitrogens with zero attached hydrogens (tertiary/aromatic N) is 1. The fourth-order valence-corrected chi connectivity index (χ4v) is 2.04. The summed E-state index contributed by atoms with van der Waals surface area (Å²) in [5.74, 6) is 2.39. The number of hydrogen-bond acceptors (Lipinski definition) is 3. The predicted octanol–water partition coefficient (Wildman–Crippen LogP) is -0.211. The molecule has 2 heterocycles. The number of alkyl halides is 2. The Bertz CT molecular complexity index is 169. The minimum atomic E-state index is -2.56. The van der Waals surface area contributed by atoms with Crippen molar-refractivity contribution in [2.45, 2.75) is 18.4 Å². The van der Waals surface area contributed by atoms with Crippen molar-refractivity contribution in [3.63, 3.8) is 0 Å². The molecule has 2 rings (SSSR count). The Hall–Kier alpha value is -0.260. The van der Waals surface area contributed by atoms with Crippen LogP contribution in [0.25, 0.3) is 0 Å². The molecule has 2 saturated heterocycles. The number of rotatable bonds is 0. The van der Waals surface area contributed by atoms with Crippen molar-refractivity contribution in [1.82, 2.24) is 10.3 Å². The second-order valence-corrected chi connectivity index (χ2v) is 3.62. The third-order valence-electron chi connectivity index (χ3n) is 2.76. The monoisotopic (exact) mass is 177 g/mol. The smallest absolute Gasteiger partial charge is 0.268 e. The predicted molar refractivity (Wildman–Crippen MR) is 40.6 cm³/mol. The van der Waals surface area contributed by atoms with Gasteiger partial charge in [0.05, 0.1) is 6.04 Å². The van der Waals surface area contributed by atoms with Gasteiger partial charge in [0.25, 0.3) is 5.92 Å². The van der Waals surface area contributed by atoms with E-state index in [1.54, 1.807) is 0 Å². The summed E-state index contributed by atoms with van der Waals surface area (Å²) in [5, 5.41) is 4.28. The SMILES string of the molecule is NN1CC2CCNC(C1)C2(F)F. The van der Waals surface area contributed by atoms with Gasteiger partial charge in [-0.15, -0.1) is 0 Å². The van der Waals surface area contributed by atoms with Crippen molar-refractivity contribution in [1.29, 1.82) is 0 Å². The zero-order valence-electron chi connectivity index (χ0n) is 6.76. The van der Waals surface area contributed by atoms with Crippen LogP contribution >= 0.6 is 0 Å². The van der Waals surface area contributed by atoms with Crippen LogP contribution in [-0.4, -0.2) is 36.6 Å². The lowest BCUT2D eigenvalue weighted by Gasteiger charge is -2.45. The van der Waals surface area contributed by atoms with Crippen molar-refractivity contribution in [3.8, 4) is 0 Å². The zero-order chi connectivity index (χ0) is 8.77. The second kappa shape index (κ2) is 2.61. The van der Waals surface area contributed by atoms with E-state index in [0.29, 0.717) is 19.5 Å². The minimum Gasteiger partial charge on any atom is -0.308 e. The Morgan fingerprint density at radius 3 is 2.83 bits per heavy atom. The van der Waals surface area contributed by atoms with E-state index in [9.17, 15) is 8.78 Å². The van der Waals surface area contributed by atoms with E-state index in [0.717, 1.165) is 0 Å². The van der Waals surface area contributed by atoms with Gasteiger partial charge in [-0.05, 0) is 13.0 Å². The number of fused-ring (bicyclic) bond motifs is 2. The molecule has 3 N–H and O–H groups in total. The third-order valence-corrected chi connectivity index (χ3v) is 2.76. The molecule has 0 aromatic carbocycles. The Kier molecular flexibility index (Phi) is 1.82. The summed E-state index contributed by atoms with van der Waals surface area (Å²) in [5.41, 5.74) is 0. The summed E-state index contributed by atoms with van der Waals surface area (Å²) in [6.07, 6.45) is 0.525. The average Bonchev–Trinajstić information content (AvgIpc) is 1.92. The van der Waals surface area contributed by atoms with Gasteiger partial charge in [-0.3, -0.25) is 5.84 Å². The van der Waals surface area contributed by atoms with Crippen LogP contribution < -0.4 is 11.2 Å². The molecule has 70 valence electrons. The molecule has 2 aliphatic rings. The van der Waals surface area contributed by atoms with Gasteiger partial charge in [0.15, 0.2) is 0 Å². The fraction of sp³-hybridized carbons (Fsp3) is 1.00. The van der Waals surface area contributed by atoms with Crippen LogP contribution in [0.15, 0.2) is 0 Å². The van der Waals surface area contributed by atoms with E-state index in [2.05, 4.69) is 5.32 Å². The van der Waals surface area contributed by atoms with E-state index in [-0.39, 0.29) is 6.54 Å². The molecule has 0 spiro atoms. The van der Waals surface area contributed by atoms with Gasteiger partial charge in [-0.2, -0.15) is 0 Å². The maximum Gasteiger partial charge on any atom is 0.268 e. The molecule has 0 amide bonds. The summed E-state index contributed by atoms with van der Waals surface area (Å²) >= 11 is 0. The van der Waals surface area contributed by atoms with Crippen LogP contribution in [0.1, 0.15) is 6.42 Å². The standard InChI is InChI=1S/C7H13F2N3/c8-7(9)5-1-2-11-6(7)4-12(10)3-5/h5-6,11H,1-4,10H2. The highest BCUT2D eigenvalue weighted by Gasteiger charge is 2.52. The molecule has 2 fully saturated rings. The molecule has 0 aliphatic carbocycles. The van der Waals surface area contributed by atoms with Crippen molar-refractivity contribution >= 4 is 0 Å². The van der Waals surface area contributed by atoms with E-state index in [4.69, 9.17) is 5.84 Å². The summed E-state index contributed by atoms with van der Waals surface area (Å²) in [6, 6.07) is -0.741. The largest absolute Gasteiger partial charge is 0.308 e. The van der Waals surface area contributed by atoms with E-state index in [1.807, 2.05) is 0 Å². The van der Waals surface area contributed by atoms with Gasteiger partial charge in [0, 0.05) is 19.0 Å². The molecule has 2 aliphatic heterocycles. The highest BCUT2D eigenvalue weighted by atomic mass is 19.3. The molecule has 0 saturated carbocycles. The van der Waals surface area contributed by atoms with Gasteiger partial charge >= 0.3 is 0 Å². The van der Waals surface area contributed by atoms with Crippen LogP contribution in [0.2, 0.25) is 0 Å². The molecule has 12 heavy (non-hydrogen) atoms. The number of hydrogen-bond donors (Lipinski definition) is 2. The number of halogens is 2. The first-order valence-electron chi connectivity index (χ1n) is 4.21. The highest BCUT2D eigenvalue weighted by Crippen LogP contribution is 2.37. The first-order chi connectivity index (χ1) is 5.60. The van der Waals surface area contributed by atoms with Gasteiger partial charge in [-0.25, -0.2) is 13.8 Å². The number of nitrogens with one attached hydrogen (secondary N) is 1. The van der Waals surface area contributed by atoms with Gasteiger partial charge in [0.2, 0.25) is 0 Å². The molecule has 5 heteroatoms. The van der Waals surface area contributed by atoms with Crippen molar-refractivity contribution in [3.05, 3.63) is 0 Å². The fourth-order valence-electron chi connectivity index (χ4n) is 2.04. The lowest BCUT2D eigenvalue weighted by molar-refractivity contribution is -0.148. The molecule has 0 radical (unpaired) electrons. The summed E-state index contributed by atoms with van der Waals surface area (Å²) in [4.78, 5) is 0. The molecular formula is C7H13F2N3. The minimum absolute atomic E-state index is 0.253. The lowest BCUT2D eigenvalue weighted by Crippen LogP contribution is -2.66. The normalized spacial score (nSPS) is 41.2. The summed E-state index contributed by atoms with van der Waals surface area (Å²) < 4.78 is 26.7. The van der Waals surface area contributed by atoms with Crippen molar-refractivity contribution in [2.75, 3.05) is 19.6 Å². The number of piperidine rings is 2. The summed E-state index contributed by atoms with van der Waals surface area (Å²) in [7, 11) is 0. The molecule has 0 aromatic heterocycles. The van der Waals surface area contributed by atoms with Crippen molar-refractivity contribution in [2.24, 2.45) is 11.8 Å². The molecule has 2 unspecified atom stereocenters. The number of hydrazine groups is 1. The molecule has 3 nitrogen and oxygen atoms in total. The molecular weight excluding hydrogens is 164 g/mol. The lowest BCUT2D eigenvalue weighted by atomic mass is 9.84. The van der Waals surface area contributed by atoms with Crippen LogP contribution in [0.5, 0.6) is 0 Å². The third kappa shape index (κ3) is 1.12.